The minimum Gasteiger partial charge on any atom is -0.207 e. The Morgan fingerprint density at radius 3 is 1.11 bits per heavy atom. The molecule has 0 aromatic heterocycles. The summed E-state index contributed by atoms with van der Waals surface area (Å²) in [5, 5.41) is 0. The van der Waals surface area contributed by atoms with Gasteiger partial charge in [-0.15, -0.1) is 0 Å². The van der Waals surface area contributed by atoms with Crippen molar-refractivity contribution in [2.24, 2.45) is 0 Å². The fourth-order valence-electron chi connectivity index (χ4n) is 1.20. The Bertz CT molecular complexity index is 448. The number of hydrogen-bond donors (Lipinski definition) is 0. The normalized spacial score (nSPS) is 9.00. The van der Waals surface area contributed by atoms with Crippen LogP contribution >= 0.6 is 0 Å². The maximum absolute atomic E-state index is 11.9. The van der Waals surface area contributed by atoms with E-state index in [-0.39, 0.29) is 0 Å². The molecule has 0 bridgehead atoms. The zero-order chi connectivity index (χ0) is 13.4. The zero-order valence-electron chi connectivity index (χ0n) is 9.94. The van der Waals surface area contributed by atoms with Crippen molar-refractivity contribution in [1.82, 2.24) is 0 Å². The van der Waals surface area contributed by atoms with Gasteiger partial charge in [0.25, 0.3) is 0 Å². The number of benzene rings is 2. The molecule has 0 aliphatic carbocycles. The molecule has 0 saturated carbocycles. The van der Waals surface area contributed by atoms with E-state index >= 15 is 0 Å². The highest BCUT2D eigenvalue weighted by molar-refractivity contribution is 5.53. The van der Waals surface area contributed by atoms with E-state index in [1.54, 1.807) is 0 Å². The summed E-state index contributed by atoms with van der Waals surface area (Å²) < 4.78 is 23.8. The predicted molar refractivity (Wildman–Crippen MR) is 73.0 cm³/mol. The van der Waals surface area contributed by atoms with Gasteiger partial charge in [0.2, 0.25) is 0 Å². The third-order valence-corrected chi connectivity index (χ3v) is 2.21. The molecule has 2 aromatic rings. The minimum absolute atomic E-state index is 0.411. The third-order valence-electron chi connectivity index (χ3n) is 2.21. The molecule has 2 heteroatoms. The number of hydrogen-bond acceptors (Lipinski definition) is 0. The summed E-state index contributed by atoms with van der Waals surface area (Å²) in [7, 11) is 0. The van der Waals surface area contributed by atoms with Crippen LogP contribution in [0, 0.1) is 11.6 Å². The van der Waals surface area contributed by atoms with Crippen LogP contribution in [-0.2, 0) is 0 Å². The second-order valence-electron chi connectivity index (χ2n) is 3.51. The Morgan fingerprint density at radius 1 is 0.611 bits per heavy atom. The fraction of sp³-hybridized carbons (Fsp3) is 0. The van der Waals surface area contributed by atoms with Crippen molar-refractivity contribution in [3.63, 3.8) is 0 Å². The van der Waals surface area contributed by atoms with E-state index in [0.717, 1.165) is 35.4 Å². The minimum atomic E-state index is -0.411. The van der Waals surface area contributed by atoms with Gasteiger partial charge in [-0.25, -0.2) is 8.78 Å². The average Bonchev–Trinajstić information content (AvgIpc) is 2.43. The van der Waals surface area contributed by atoms with Gasteiger partial charge in [-0.05, 0) is 35.4 Å². The van der Waals surface area contributed by atoms with Gasteiger partial charge >= 0.3 is 0 Å². The smallest absolute Gasteiger partial charge is 0.123 e. The second kappa shape index (κ2) is 7.17. The summed E-state index contributed by atoms with van der Waals surface area (Å²) in [6.07, 6.45) is 3.65. The molecule has 0 N–H and O–H groups in total. The second-order valence-corrected chi connectivity index (χ2v) is 3.51. The molecule has 0 radical (unpaired) electrons. The summed E-state index contributed by atoms with van der Waals surface area (Å²) in [5.41, 5.74) is 2.29. The molecular weight excluding hydrogens is 230 g/mol. The molecule has 0 fully saturated rings. The van der Waals surface area contributed by atoms with E-state index in [9.17, 15) is 8.78 Å². The standard InChI is InChI=1S/C10H10.C6H4F2/c1-3-9-5-7-10(4-2)8-6-9;7-5-1-2-6(8)4-3-5/h3-8H,1-2H2;1-4H. The van der Waals surface area contributed by atoms with Crippen molar-refractivity contribution in [2.75, 3.05) is 0 Å². The highest BCUT2D eigenvalue weighted by Gasteiger charge is 1.87. The molecule has 92 valence electrons. The van der Waals surface area contributed by atoms with Crippen LogP contribution in [0.15, 0.2) is 61.7 Å². The average molecular weight is 244 g/mol. The van der Waals surface area contributed by atoms with E-state index in [1.165, 1.54) is 0 Å². The van der Waals surface area contributed by atoms with Crippen LogP contribution in [0.5, 0.6) is 0 Å². The Morgan fingerprint density at radius 2 is 0.889 bits per heavy atom. The molecule has 18 heavy (non-hydrogen) atoms. The van der Waals surface area contributed by atoms with Crippen molar-refractivity contribution in [2.45, 2.75) is 0 Å². The van der Waals surface area contributed by atoms with E-state index in [2.05, 4.69) is 13.2 Å². The first kappa shape index (κ1) is 13.8. The molecule has 0 saturated heterocycles. The largest absolute Gasteiger partial charge is 0.207 e. The highest BCUT2D eigenvalue weighted by Crippen LogP contribution is 2.05. The van der Waals surface area contributed by atoms with Crippen LogP contribution in [0.2, 0.25) is 0 Å². The summed E-state index contributed by atoms with van der Waals surface area (Å²) in [6, 6.07) is 12.4. The lowest BCUT2D eigenvalue weighted by Crippen LogP contribution is -1.72. The molecule has 0 nitrogen and oxygen atoms in total. The Labute approximate surface area is 106 Å². The molecule has 2 aromatic carbocycles. The zero-order valence-corrected chi connectivity index (χ0v) is 9.94. The summed E-state index contributed by atoms with van der Waals surface area (Å²) in [6.45, 7) is 7.32. The predicted octanol–water partition coefficient (Wildman–Crippen LogP) is 4.94. The van der Waals surface area contributed by atoms with Crippen molar-refractivity contribution in [1.29, 1.82) is 0 Å². The van der Waals surface area contributed by atoms with Crippen molar-refractivity contribution in [3.8, 4) is 0 Å². The Hall–Kier alpha value is -2.22. The Balaban J connectivity index is 0.000000184. The van der Waals surface area contributed by atoms with Gasteiger partial charge < -0.3 is 0 Å². The van der Waals surface area contributed by atoms with Crippen molar-refractivity contribution in [3.05, 3.63) is 84.5 Å². The SMILES string of the molecule is C=Cc1ccc(C=C)cc1.Fc1ccc(F)cc1. The molecule has 0 atom stereocenters. The van der Waals surface area contributed by atoms with Gasteiger partial charge in [0.1, 0.15) is 11.6 Å². The van der Waals surface area contributed by atoms with Gasteiger partial charge in [0.15, 0.2) is 0 Å². The lowest BCUT2D eigenvalue weighted by molar-refractivity contribution is 0.600. The number of halogens is 2. The fourth-order valence-corrected chi connectivity index (χ4v) is 1.20. The third kappa shape index (κ3) is 4.74. The van der Waals surface area contributed by atoms with Crippen LogP contribution in [-0.4, -0.2) is 0 Å². The van der Waals surface area contributed by atoms with Gasteiger partial charge in [-0.2, -0.15) is 0 Å². The monoisotopic (exact) mass is 244 g/mol. The maximum atomic E-state index is 11.9. The van der Waals surface area contributed by atoms with E-state index < -0.39 is 11.6 Å². The molecule has 0 heterocycles. The highest BCUT2D eigenvalue weighted by atomic mass is 19.1. The molecule has 0 aliphatic heterocycles. The summed E-state index contributed by atoms with van der Waals surface area (Å²) in [4.78, 5) is 0. The molecule has 0 aliphatic rings. The summed E-state index contributed by atoms with van der Waals surface area (Å²) in [5.74, 6) is -0.821. The molecule has 2 rings (SSSR count). The van der Waals surface area contributed by atoms with Crippen molar-refractivity contribution < 1.29 is 8.78 Å². The van der Waals surface area contributed by atoms with Crippen LogP contribution in [0.1, 0.15) is 11.1 Å². The topological polar surface area (TPSA) is 0 Å². The first-order chi connectivity index (χ1) is 8.65. The van der Waals surface area contributed by atoms with Gasteiger partial charge in [-0.1, -0.05) is 49.6 Å². The van der Waals surface area contributed by atoms with Crippen LogP contribution in [0.3, 0.4) is 0 Å². The van der Waals surface area contributed by atoms with Crippen LogP contribution in [0.25, 0.3) is 12.2 Å². The lowest BCUT2D eigenvalue weighted by atomic mass is 10.1. The molecule has 0 amide bonds. The van der Waals surface area contributed by atoms with E-state index in [0.29, 0.717) is 0 Å². The van der Waals surface area contributed by atoms with Gasteiger partial charge in [0, 0.05) is 0 Å². The van der Waals surface area contributed by atoms with E-state index in [1.807, 2.05) is 36.4 Å². The quantitative estimate of drug-likeness (QED) is 0.702. The maximum Gasteiger partial charge on any atom is 0.123 e. The molecule has 0 unspecified atom stereocenters. The Kier molecular flexibility index (Phi) is 5.52. The van der Waals surface area contributed by atoms with Gasteiger partial charge in [0.05, 0.1) is 0 Å². The van der Waals surface area contributed by atoms with Crippen LogP contribution in [0.4, 0.5) is 8.78 Å². The number of rotatable bonds is 2. The lowest BCUT2D eigenvalue weighted by Gasteiger charge is -1.92. The van der Waals surface area contributed by atoms with E-state index in [4.69, 9.17) is 0 Å². The van der Waals surface area contributed by atoms with Crippen LogP contribution < -0.4 is 0 Å². The first-order valence-electron chi connectivity index (χ1n) is 5.41. The first-order valence-corrected chi connectivity index (χ1v) is 5.41. The van der Waals surface area contributed by atoms with Gasteiger partial charge in [-0.3, -0.25) is 0 Å². The molecule has 0 spiro atoms. The van der Waals surface area contributed by atoms with Crippen molar-refractivity contribution >= 4 is 12.2 Å². The summed E-state index contributed by atoms with van der Waals surface area (Å²) >= 11 is 0. The molecular formula is C16H14F2.